The Balaban J connectivity index is 1.63. The molecule has 7 heteroatoms. The van der Waals surface area contributed by atoms with Crippen molar-refractivity contribution in [2.75, 3.05) is 0 Å². The van der Waals surface area contributed by atoms with Gasteiger partial charge in [0.15, 0.2) is 6.10 Å². The number of imide groups is 1. The summed E-state index contributed by atoms with van der Waals surface area (Å²) in [6.45, 7) is 6.50. The number of aryl methyl sites for hydroxylation is 1. The molecule has 2 aromatic carbocycles. The standard InChI is InChI=1S/C23H24N2O5/c1-13-10-11-18-19(12-13)22(28)25(21(18)27)15(3)23(29)30-16(4)20(26)24-14(2)17-8-6-5-7-9-17/h5-12,14-16H,1-4H3,(H,24,26). The molecule has 0 aromatic heterocycles. The summed E-state index contributed by atoms with van der Waals surface area (Å²) in [6.07, 6.45) is -1.08. The summed E-state index contributed by atoms with van der Waals surface area (Å²) in [5.74, 6) is -2.38. The second kappa shape index (κ2) is 8.49. The Morgan fingerprint density at radius 2 is 1.57 bits per heavy atom. The van der Waals surface area contributed by atoms with E-state index in [4.69, 9.17) is 4.74 Å². The second-order valence-electron chi connectivity index (χ2n) is 7.43. The average molecular weight is 408 g/mol. The van der Waals surface area contributed by atoms with Crippen molar-refractivity contribution < 1.29 is 23.9 Å². The minimum absolute atomic E-state index is 0.257. The normalized spacial score (nSPS) is 15.9. The first kappa shape index (κ1) is 21.2. The van der Waals surface area contributed by atoms with Crippen LogP contribution >= 0.6 is 0 Å². The third-order valence-corrected chi connectivity index (χ3v) is 5.12. The molecule has 3 amide bonds. The van der Waals surface area contributed by atoms with E-state index in [9.17, 15) is 19.2 Å². The van der Waals surface area contributed by atoms with E-state index in [0.29, 0.717) is 0 Å². The summed E-state index contributed by atoms with van der Waals surface area (Å²) in [5, 5.41) is 2.78. The summed E-state index contributed by atoms with van der Waals surface area (Å²) in [6, 6.07) is 12.9. The van der Waals surface area contributed by atoms with Gasteiger partial charge in [-0.2, -0.15) is 0 Å². The van der Waals surface area contributed by atoms with E-state index in [1.54, 1.807) is 18.2 Å². The zero-order chi connectivity index (χ0) is 22.0. The van der Waals surface area contributed by atoms with Gasteiger partial charge in [0.2, 0.25) is 0 Å². The number of hydrogen-bond acceptors (Lipinski definition) is 5. The van der Waals surface area contributed by atoms with Gasteiger partial charge in [0.05, 0.1) is 17.2 Å². The Morgan fingerprint density at radius 3 is 2.23 bits per heavy atom. The average Bonchev–Trinajstić information content (AvgIpc) is 2.97. The molecule has 0 radical (unpaired) electrons. The first-order chi connectivity index (χ1) is 14.2. The minimum Gasteiger partial charge on any atom is -0.451 e. The number of ether oxygens (including phenoxy) is 1. The van der Waals surface area contributed by atoms with Crippen molar-refractivity contribution in [2.24, 2.45) is 0 Å². The third kappa shape index (κ3) is 4.10. The van der Waals surface area contributed by atoms with Crippen LogP contribution in [0.15, 0.2) is 48.5 Å². The van der Waals surface area contributed by atoms with Crippen LogP contribution in [0.4, 0.5) is 0 Å². The van der Waals surface area contributed by atoms with E-state index >= 15 is 0 Å². The molecular formula is C23H24N2O5. The fourth-order valence-corrected chi connectivity index (χ4v) is 3.31. The SMILES string of the molecule is Cc1ccc2c(c1)C(=O)N(C(C)C(=O)OC(C)C(=O)NC(C)c1ccccc1)C2=O. The van der Waals surface area contributed by atoms with Crippen molar-refractivity contribution in [1.29, 1.82) is 0 Å². The number of carbonyl (C=O) groups excluding carboxylic acids is 4. The van der Waals surface area contributed by atoms with Crippen LogP contribution in [0.2, 0.25) is 0 Å². The van der Waals surface area contributed by atoms with Crippen molar-refractivity contribution in [1.82, 2.24) is 10.2 Å². The van der Waals surface area contributed by atoms with E-state index in [0.717, 1.165) is 16.0 Å². The Kier molecular flexibility index (Phi) is 6.01. The molecule has 0 spiro atoms. The number of amides is 3. The summed E-state index contributed by atoms with van der Waals surface area (Å²) in [7, 11) is 0. The predicted octanol–water partition coefficient (Wildman–Crippen LogP) is 2.79. The van der Waals surface area contributed by atoms with Gasteiger partial charge in [-0.25, -0.2) is 4.79 Å². The van der Waals surface area contributed by atoms with E-state index in [1.807, 2.05) is 44.2 Å². The van der Waals surface area contributed by atoms with Crippen molar-refractivity contribution >= 4 is 23.7 Å². The Bertz CT molecular complexity index is 1000. The summed E-state index contributed by atoms with van der Waals surface area (Å²) < 4.78 is 5.25. The zero-order valence-electron chi connectivity index (χ0n) is 17.3. The molecule has 2 aromatic rings. The lowest BCUT2D eigenvalue weighted by molar-refractivity contribution is -0.158. The fourth-order valence-electron chi connectivity index (χ4n) is 3.31. The number of fused-ring (bicyclic) bond motifs is 1. The molecule has 0 bridgehead atoms. The van der Waals surface area contributed by atoms with E-state index in [-0.39, 0.29) is 17.2 Å². The van der Waals surface area contributed by atoms with Gasteiger partial charge in [0, 0.05) is 0 Å². The molecule has 30 heavy (non-hydrogen) atoms. The highest BCUT2D eigenvalue weighted by Crippen LogP contribution is 2.26. The maximum atomic E-state index is 12.6. The Morgan fingerprint density at radius 1 is 0.933 bits per heavy atom. The summed E-state index contributed by atoms with van der Waals surface area (Å²) >= 11 is 0. The lowest BCUT2D eigenvalue weighted by atomic mass is 10.1. The van der Waals surface area contributed by atoms with E-state index < -0.39 is 35.8 Å². The van der Waals surface area contributed by atoms with Crippen LogP contribution < -0.4 is 5.32 Å². The lowest BCUT2D eigenvalue weighted by Crippen LogP contribution is -2.46. The summed E-state index contributed by atoms with van der Waals surface area (Å²) in [5.41, 5.74) is 2.28. The van der Waals surface area contributed by atoms with E-state index in [2.05, 4.69) is 5.32 Å². The number of rotatable bonds is 6. The molecule has 1 aliphatic rings. The molecule has 0 fully saturated rings. The maximum Gasteiger partial charge on any atom is 0.329 e. The minimum atomic E-state index is -1.15. The molecule has 3 atom stereocenters. The van der Waals surface area contributed by atoms with E-state index in [1.165, 1.54) is 13.8 Å². The lowest BCUT2D eigenvalue weighted by Gasteiger charge is -2.23. The number of nitrogens with zero attached hydrogens (tertiary/aromatic N) is 1. The van der Waals surface area contributed by atoms with Gasteiger partial charge < -0.3 is 10.1 Å². The molecule has 1 aliphatic heterocycles. The maximum absolute atomic E-state index is 12.6. The van der Waals surface area contributed by atoms with Crippen LogP contribution in [-0.4, -0.2) is 40.7 Å². The van der Waals surface area contributed by atoms with Gasteiger partial charge in [-0.3, -0.25) is 19.3 Å². The van der Waals surface area contributed by atoms with Gasteiger partial charge in [0.1, 0.15) is 6.04 Å². The predicted molar refractivity (Wildman–Crippen MR) is 110 cm³/mol. The highest BCUT2D eigenvalue weighted by Gasteiger charge is 2.42. The zero-order valence-corrected chi connectivity index (χ0v) is 17.3. The molecule has 1 N–H and O–H groups in total. The van der Waals surface area contributed by atoms with Crippen molar-refractivity contribution in [3.63, 3.8) is 0 Å². The van der Waals surface area contributed by atoms with Gasteiger partial charge in [-0.1, -0.05) is 42.0 Å². The Labute approximate surface area is 175 Å². The van der Waals surface area contributed by atoms with Gasteiger partial charge in [0.25, 0.3) is 17.7 Å². The monoisotopic (exact) mass is 408 g/mol. The number of nitrogens with one attached hydrogen (secondary N) is 1. The molecule has 0 aliphatic carbocycles. The van der Waals surface area contributed by atoms with Crippen LogP contribution in [0.5, 0.6) is 0 Å². The van der Waals surface area contributed by atoms with Crippen molar-refractivity contribution in [3.05, 3.63) is 70.8 Å². The Hall–Kier alpha value is -3.48. The number of carbonyl (C=O) groups is 4. The van der Waals surface area contributed by atoms with Crippen LogP contribution in [0.1, 0.15) is 58.7 Å². The second-order valence-corrected chi connectivity index (χ2v) is 7.43. The molecule has 1 heterocycles. The number of hydrogen-bond donors (Lipinski definition) is 1. The first-order valence-corrected chi connectivity index (χ1v) is 9.75. The van der Waals surface area contributed by atoms with Gasteiger partial charge in [-0.05, 0) is 45.4 Å². The van der Waals surface area contributed by atoms with Crippen molar-refractivity contribution in [2.45, 2.75) is 45.9 Å². The largest absolute Gasteiger partial charge is 0.451 e. The molecular weight excluding hydrogens is 384 g/mol. The molecule has 7 nitrogen and oxygen atoms in total. The van der Waals surface area contributed by atoms with Gasteiger partial charge in [-0.15, -0.1) is 0 Å². The highest BCUT2D eigenvalue weighted by molar-refractivity contribution is 6.22. The van der Waals surface area contributed by atoms with Crippen LogP contribution in [0, 0.1) is 6.92 Å². The number of esters is 1. The van der Waals surface area contributed by atoms with Gasteiger partial charge >= 0.3 is 5.97 Å². The molecule has 3 rings (SSSR count). The summed E-state index contributed by atoms with van der Waals surface area (Å²) in [4.78, 5) is 51.1. The highest BCUT2D eigenvalue weighted by atomic mass is 16.5. The smallest absolute Gasteiger partial charge is 0.329 e. The van der Waals surface area contributed by atoms with Crippen molar-refractivity contribution in [3.8, 4) is 0 Å². The molecule has 156 valence electrons. The van der Waals surface area contributed by atoms with Crippen LogP contribution in [-0.2, 0) is 14.3 Å². The van der Waals surface area contributed by atoms with Crippen LogP contribution in [0.3, 0.4) is 0 Å². The topological polar surface area (TPSA) is 92.8 Å². The third-order valence-electron chi connectivity index (χ3n) is 5.12. The molecule has 0 saturated heterocycles. The molecule has 0 saturated carbocycles. The quantitative estimate of drug-likeness (QED) is 0.586. The van der Waals surface area contributed by atoms with Crippen LogP contribution in [0.25, 0.3) is 0 Å². The number of benzene rings is 2. The molecule has 3 unspecified atom stereocenters. The first-order valence-electron chi connectivity index (χ1n) is 9.75. The fraction of sp³-hybridized carbons (Fsp3) is 0.304.